The van der Waals surface area contributed by atoms with Gasteiger partial charge in [0.1, 0.15) is 6.54 Å². The number of aromatic nitrogens is 2. The van der Waals surface area contributed by atoms with Gasteiger partial charge >= 0.3 is 5.97 Å². The number of likely N-dealkylation sites (N-methyl/N-ethyl adjacent to an activating group) is 1. The number of carboxylic acids is 1. The Morgan fingerprint density at radius 1 is 1.29 bits per heavy atom. The summed E-state index contributed by atoms with van der Waals surface area (Å²) < 4.78 is 0. The fourth-order valence-electron chi connectivity index (χ4n) is 2.34. The molecule has 0 unspecified atom stereocenters. The lowest BCUT2D eigenvalue weighted by molar-refractivity contribution is -0.138. The van der Waals surface area contributed by atoms with Gasteiger partial charge in [-0.05, 0) is 32.5 Å². The summed E-state index contributed by atoms with van der Waals surface area (Å²) in [4.78, 5) is 23.8. The summed E-state index contributed by atoms with van der Waals surface area (Å²) in [6.45, 7) is 0.578. The van der Waals surface area contributed by atoms with Crippen molar-refractivity contribution in [3.05, 3.63) is 42.1 Å². The molecule has 1 heterocycles. The van der Waals surface area contributed by atoms with Crippen LogP contribution in [-0.4, -0.2) is 58.8 Å². The van der Waals surface area contributed by atoms with Crippen LogP contribution in [0.3, 0.4) is 0 Å². The molecule has 0 spiro atoms. The van der Waals surface area contributed by atoms with Crippen molar-refractivity contribution in [3.8, 4) is 11.3 Å². The summed E-state index contributed by atoms with van der Waals surface area (Å²) in [6.07, 6.45) is 1.71. The van der Waals surface area contributed by atoms with Gasteiger partial charge in [0.25, 0.3) is 0 Å². The molecule has 0 aliphatic heterocycles. The van der Waals surface area contributed by atoms with Crippen LogP contribution >= 0.6 is 0 Å². The van der Waals surface area contributed by atoms with Crippen molar-refractivity contribution in [1.29, 1.82) is 0 Å². The third kappa shape index (κ3) is 5.85. The van der Waals surface area contributed by atoms with E-state index in [2.05, 4.69) is 15.5 Å². The minimum atomic E-state index is -1.04. The summed E-state index contributed by atoms with van der Waals surface area (Å²) in [5.41, 5.74) is 3.05. The maximum Gasteiger partial charge on any atom is 0.322 e. The Morgan fingerprint density at radius 2 is 2.04 bits per heavy atom. The molecule has 128 valence electrons. The number of hydrogen-bond donors (Lipinski definition) is 3. The number of aliphatic carboxylic acids is 1. The first-order chi connectivity index (χ1) is 11.5. The summed E-state index contributed by atoms with van der Waals surface area (Å²) in [5.74, 6) is -1.33. The van der Waals surface area contributed by atoms with E-state index < -0.39 is 5.97 Å². The van der Waals surface area contributed by atoms with E-state index in [1.807, 2.05) is 48.3 Å². The van der Waals surface area contributed by atoms with Crippen LogP contribution in [0.15, 0.2) is 36.4 Å². The Morgan fingerprint density at radius 3 is 2.75 bits per heavy atom. The second-order valence-electron chi connectivity index (χ2n) is 5.66. The molecule has 1 aromatic carbocycles. The van der Waals surface area contributed by atoms with E-state index in [0.717, 1.165) is 36.3 Å². The molecule has 24 heavy (non-hydrogen) atoms. The van der Waals surface area contributed by atoms with Crippen molar-refractivity contribution in [2.75, 3.05) is 26.7 Å². The number of amides is 1. The van der Waals surface area contributed by atoms with Crippen LogP contribution < -0.4 is 5.32 Å². The molecule has 0 atom stereocenters. The number of carbonyl (C=O) groups excluding carboxylic acids is 1. The standard InChI is InChI=1S/C17H22N4O3/c1-21(12-16(22)18-11-17(23)24)9-5-8-14-10-15(20-19-14)13-6-3-2-4-7-13/h2-4,6-7,10H,5,8-9,11-12H2,1H3,(H,18,22)(H,19,20)(H,23,24). The first-order valence-electron chi connectivity index (χ1n) is 7.81. The van der Waals surface area contributed by atoms with Gasteiger partial charge in [0.05, 0.1) is 12.2 Å². The SMILES string of the molecule is CN(CCCc1cc(-c2ccccc2)n[nH]1)CC(=O)NCC(=O)O. The van der Waals surface area contributed by atoms with Crippen LogP contribution in [0.5, 0.6) is 0 Å². The number of aromatic amines is 1. The van der Waals surface area contributed by atoms with Crippen LogP contribution in [0.2, 0.25) is 0 Å². The number of carboxylic acid groups (broad SMARTS) is 1. The third-order valence-corrected chi connectivity index (χ3v) is 3.54. The highest BCUT2D eigenvalue weighted by Crippen LogP contribution is 2.17. The summed E-state index contributed by atoms with van der Waals surface area (Å²) in [5, 5.41) is 18.2. The zero-order valence-corrected chi connectivity index (χ0v) is 13.7. The van der Waals surface area contributed by atoms with Crippen molar-refractivity contribution in [3.63, 3.8) is 0 Å². The maximum atomic E-state index is 11.5. The van der Waals surface area contributed by atoms with E-state index >= 15 is 0 Å². The quantitative estimate of drug-likeness (QED) is 0.640. The second kappa shape index (κ2) is 8.83. The largest absolute Gasteiger partial charge is 0.480 e. The summed E-state index contributed by atoms with van der Waals surface area (Å²) >= 11 is 0. The van der Waals surface area contributed by atoms with E-state index in [4.69, 9.17) is 5.11 Å². The van der Waals surface area contributed by atoms with Gasteiger partial charge in [-0.1, -0.05) is 30.3 Å². The number of benzene rings is 1. The minimum absolute atomic E-state index is 0.186. The van der Waals surface area contributed by atoms with Crippen molar-refractivity contribution in [2.24, 2.45) is 0 Å². The van der Waals surface area contributed by atoms with Gasteiger partial charge < -0.3 is 10.4 Å². The molecule has 1 aromatic heterocycles. The Bertz CT molecular complexity index is 669. The Hall–Kier alpha value is -2.67. The molecule has 3 N–H and O–H groups in total. The molecule has 1 amide bonds. The van der Waals surface area contributed by atoms with Gasteiger partial charge in [-0.25, -0.2) is 0 Å². The monoisotopic (exact) mass is 330 g/mol. The van der Waals surface area contributed by atoms with E-state index in [-0.39, 0.29) is 19.0 Å². The normalized spacial score (nSPS) is 10.8. The number of rotatable bonds is 9. The van der Waals surface area contributed by atoms with Gasteiger partial charge in [0.2, 0.25) is 5.91 Å². The lowest BCUT2D eigenvalue weighted by Gasteiger charge is -2.15. The molecule has 7 heteroatoms. The van der Waals surface area contributed by atoms with Gasteiger partial charge in [0.15, 0.2) is 0 Å². The molecule has 2 rings (SSSR count). The van der Waals surface area contributed by atoms with Gasteiger partial charge in [-0.3, -0.25) is 19.6 Å². The number of aryl methyl sites for hydroxylation is 1. The fraction of sp³-hybridized carbons (Fsp3) is 0.353. The number of nitrogens with one attached hydrogen (secondary N) is 2. The highest BCUT2D eigenvalue weighted by molar-refractivity contribution is 5.82. The molecule has 2 aromatic rings. The Kier molecular flexibility index (Phi) is 6.51. The van der Waals surface area contributed by atoms with Gasteiger partial charge in [0, 0.05) is 11.3 Å². The van der Waals surface area contributed by atoms with Crippen molar-refractivity contribution in [2.45, 2.75) is 12.8 Å². The van der Waals surface area contributed by atoms with Crippen LogP contribution in [-0.2, 0) is 16.0 Å². The summed E-state index contributed by atoms with van der Waals surface area (Å²) in [6, 6.07) is 12.0. The molecular formula is C17H22N4O3. The van der Waals surface area contributed by atoms with Gasteiger partial charge in [-0.15, -0.1) is 0 Å². The van der Waals surface area contributed by atoms with Crippen molar-refractivity contribution >= 4 is 11.9 Å². The average Bonchev–Trinajstić information content (AvgIpc) is 3.02. The zero-order valence-electron chi connectivity index (χ0n) is 13.7. The number of hydrogen-bond acceptors (Lipinski definition) is 4. The first kappa shape index (κ1) is 17.7. The van der Waals surface area contributed by atoms with E-state index in [1.165, 1.54) is 0 Å². The highest BCUT2D eigenvalue weighted by Gasteiger charge is 2.08. The zero-order chi connectivity index (χ0) is 17.4. The van der Waals surface area contributed by atoms with Gasteiger partial charge in [-0.2, -0.15) is 5.10 Å². The molecule has 0 aliphatic rings. The molecule has 0 bridgehead atoms. The highest BCUT2D eigenvalue weighted by atomic mass is 16.4. The van der Waals surface area contributed by atoms with Crippen LogP contribution in [0.4, 0.5) is 0 Å². The van der Waals surface area contributed by atoms with Crippen LogP contribution in [0.1, 0.15) is 12.1 Å². The lowest BCUT2D eigenvalue weighted by atomic mass is 10.1. The predicted octanol–water partition coefficient (Wildman–Crippen LogP) is 1.14. The van der Waals surface area contributed by atoms with E-state index in [1.54, 1.807) is 0 Å². The average molecular weight is 330 g/mol. The molecular weight excluding hydrogens is 308 g/mol. The molecule has 0 saturated carbocycles. The third-order valence-electron chi connectivity index (χ3n) is 3.54. The number of H-pyrrole nitrogens is 1. The molecule has 7 nitrogen and oxygen atoms in total. The maximum absolute atomic E-state index is 11.5. The topological polar surface area (TPSA) is 98.3 Å². The van der Waals surface area contributed by atoms with E-state index in [9.17, 15) is 9.59 Å². The smallest absolute Gasteiger partial charge is 0.322 e. The second-order valence-corrected chi connectivity index (χ2v) is 5.66. The number of carbonyl (C=O) groups is 2. The Balaban J connectivity index is 1.71. The first-order valence-corrected chi connectivity index (χ1v) is 7.81. The predicted molar refractivity (Wildman–Crippen MR) is 90.5 cm³/mol. The molecule has 0 aliphatic carbocycles. The van der Waals surface area contributed by atoms with Crippen LogP contribution in [0, 0.1) is 0 Å². The van der Waals surface area contributed by atoms with Crippen molar-refractivity contribution in [1.82, 2.24) is 20.4 Å². The van der Waals surface area contributed by atoms with Crippen LogP contribution in [0.25, 0.3) is 11.3 Å². The summed E-state index contributed by atoms with van der Waals surface area (Å²) in [7, 11) is 1.84. The van der Waals surface area contributed by atoms with E-state index in [0.29, 0.717) is 0 Å². The Labute approximate surface area is 140 Å². The molecule has 0 radical (unpaired) electrons. The van der Waals surface area contributed by atoms with Crippen molar-refractivity contribution < 1.29 is 14.7 Å². The minimum Gasteiger partial charge on any atom is -0.480 e. The molecule has 0 saturated heterocycles. The lowest BCUT2D eigenvalue weighted by Crippen LogP contribution is -2.38. The number of nitrogens with zero attached hydrogens (tertiary/aromatic N) is 2. The molecule has 0 fully saturated rings. The fourth-order valence-corrected chi connectivity index (χ4v) is 2.34.